The summed E-state index contributed by atoms with van der Waals surface area (Å²) in [5.74, 6) is 0.739. The number of carbonyl (C=O) groups is 2. The maximum atomic E-state index is 12.7. The van der Waals surface area contributed by atoms with E-state index in [1.54, 1.807) is 23.9 Å². The molecule has 4 rings (SSSR count). The van der Waals surface area contributed by atoms with Gasteiger partial charge in [0.1, 0.15) is 6.04 Å². The van der Waals surface area contributed by atoms with Crippen molar-refractivity contribution in [2.45, 2.75) is 32.4 Å². The van der Waals surface area contributed by atoms with Crippen LogP contribution in [0.2, 0.25) is 0 Å². The first kappa shape index (κ1) is 16.3. The molecular formula is C18H22N4O2S. The van der Waals surface area contributed by atoms with Crippen molar-refractivity contribution in [3.63, 3.8) is 0 Å². The molecule has 2 aromatic heterocycles. The zero-order chi connectivity index (χ0) is 17.4. The van der Waals surface area contributed by atoms with E-state index < -0.39 is 6.04 Å². The molecule has 2 aromatic rings. The molecule has 2 amide bonds. The molecule has 0 bridgehead atoms. The highest BCUT2D eigenvalue weighted by atomic mass is 32.1. The van der Waals surface area contributed by atoms with Gasteiger partial charge >= 0.3 is 0 Å². The Hall–Kier alpha value is -2.15. The van der Waals surface area contributed by atoms with Crippen molar-refractivity contribution < 1.29 is 9.59 Å². The second-order valence-corrected chi connectivity index (χ2v) is 8.00. The summed E-state index contributed by atoms with van der Waals surface area (Å²) in [7, 11) is 0. The first-order chi connectivity index (χ1) is 12.1. The fourth-order valence-electron chi connectivity index (χ4n) is 3.45. The predicted molar refractivity (Wildman–Crippen MR) is 95.0 cm³/mol. The monoisotopic (exact) mass is 358 g/mol. The van der Waals surface area contributed by atoms with Crippen LogP contribution in [0.5, 0.6) is 0 Å². The minimum absolute atomic E-state index is 0.0443. The third kappa shape index (κ3) is 3.33. The molecule has 0 spiro atoms. The highest BCUT2D eigenvalue weighted by Crippen LogP contribution is 2.40. The second-order valence-electron chi connectivity index (χ2n) is 6.97. The van der Waals surface area contributed by atoms with Crippen molar-refractivity contribution in [2.24, 2.45) is 11.8 Å². The van der Waals surface area contributed by atoms with E-state index in [0.717, 1.165) is 18.5 Å². The van der Waals surface area contributed by atoms with Gasteiger partial charge in [-0.1, -0.05) is 13.0 Å². The average Bonchev–Trinajstić information content (AvgIpc) is 3.03. The molecule has 1 aliphatic heterocycles. The van der Waals surface area contributed by atoms with Crippen molar-refractivity contribution in [3.05, 3.63) is 40.6 Å². The highest BCUT2D eigenvalue weighted by Gasteiger charge is 2.43. The van der Waals surface area contributed by atoms with Crippen LogP contribution >= 0.6 is 11.3 Å². The number of amides is 2. The highest BCUT2D eigenvalue weighted by molar-refractivity contribution is 7.09. The van der Waals surface area contributed by atoms with Gasteiger partial charge in [0.25, 0.3) is 0 Å². The van der Waals surface area contributed by atoms with Crippen LogP contribution in [0.1, 0.15) is 30.0 Å². The molecular weight excluding hydrogens is 336 g/mol. The first-order valence-electron chi connectivity index (χ1n) is 8.73. The van der Waals surface area contributed by atoms with Crippen LogP contribution in [0.4, 0.5) is 0 Å². The summed E-state index contributed by atoms with van der Waals surface area (Å²) in [6, 6.07) is 3.69. The number of imidazole rings is 1. The predicted octanol–water partition coefficient (Wildman–Crippen LogP) is 1.84. The Morgan fingerprint density at radius 1 is 1.44 bits per heavy atom. The van der Waals surface area contributed by atoms with Gasteiger partial charge in [0.15, 0.2) is 0 Å². The van der Waals surface area contributed by atoms with Gasteiger partial charge in [-0.2, -0.15) is 0 Å². The normalized spacial score (nSPS) is 24.7. The molecule has 1 fully saturated rings. The van der Waals surface area contributed by atoms with E-state index in [1.165, 1.54) is 4.88 Å². The topological polar surface area (TPSA) is 67.2 Å². The number of nitrogens with one attached hydrogen (secondary N) is 1. The second kappa shape index (κ2) is 6.63. The molecule has 1 aliphatic carbocycles. The van der Waals surface area contributed by atoms with E-state index in [0.29, 0.717) is 25.6 Å². The van der Waals surface area contributed by atoms with Gasteiger partial charge in [0, 0.05) is 23.5 Å². The Balaban J connectivity index is 1.42. The van der Waals surface area contributed by atoms with Crippen LogP contribution in [0.25, 0.3) is 0 Å². The van der Waals surface area contributed by atoms with Crippen LogP contribution in [-0.2, 0) is 22.6 Å². The van der Waals surface area contributed by atoms with Crippen LogP contribution in [0, 0.1) is 11.8 Å². The van der Waals surface area contributed by atoms with Crippen molar-refractivity contribution in [3.8, 4) is 0 Å². The molecule has 1 N–H and O–H groups in total. The number of aromatic nitrogens is 2. The minimum Gasteiger partial charge on any atom is -0.354 e. The lowest BCUT2D eigenvalue weighted by Crippen LogP contribution is -2.47. The van der Waals surface area contributed by atoms with Crippen molar-refractivity contribution in [1.29, 1.82) is 0 Å². The maximum absolute atomic E-state index is 12.7. The summed E-state index contributed by atoms with van der Waals surface area (Å²) in [4.78, 5) is 32.6. The van der Waals surface area contributed by atoms with Gasteiger partial charge in [-0.15, -0.1) is 11.3 Å². The Bertz CT molecular complexity index is 770. The van der Waals surface area contributed by atoms with E-state index in [-0.39, 0.29) is 17.7 Å². The molecule has 0 aromatic carbocycles. The maximum Gasteiger partial charge on any atom is 0.244 e. The van der Waals surface area contributed by atoms with Gasteiger partial charge in [-0.3, -0.25) is 9.59 Å². The molecule has 2 aliphatic rings. The van der Waals surface area contributed by atoms with Gasteiger partial charge in [0.05, 0.1) is 25.1 Å². The fraction of sp³-hybridized carbons (Fsp3) is 0.500. The third-order valence-electron chi connectivity index (χ3n) is 5.12. The van der Waals surface area contributed by atoms with Gasteiger partial charge in [0.2, 0.25) is 11.8 Å². The lowest BCUT2D eigenvalue weighted by atomic mass is 10.1. The van der Waals surface area contributed by atoms with Gasteiger partial charge < -0.3 is 14.8 Å². The lowest BCUT2D eigenvalue weighted by molar-refractivity contribution is -0.136. The lowest BCUT2D eigenvalue weighted by Gasteiger charge is -2.34. The van der Waals surface area contributed by atoms with Crippen LogP contribution in [-0.4, -0.2) is 39.4 Å². The van der Waals surface area contributed by atoms with Crippen molar-refractivity contribution in [1.82, 2.24) is 19.8 Å². The van der Waals surface area contributed by atoms with E-state index in [2.05, 4.69) is 23.3 Å². The molecule has 0 saturated heterocycles. The number of rotatable bonds is 5. The van der Waals surface area contributed by atoms with Crippen LogP contribution in [0.15, 0.2) is 30.0 Å². The molecule has 132 valence electrons. The van der Waals surface area contributed by atoms with Crippen LogP contribution in [0.3, 0.4) is 0 Å². The number of thiophene rings is 1. The van der Waals surface area contributed by atoms with E-state index >= 15 is 0 Å². The Labute approximate surface area is 150 Å². The molecule has 1 saturated carbocycles. The summed E-state index contributed by atoms with van der Waals surface area (Å²) in [6.45, 7) is 3.68. The summed E-state index contributed by atoms with van der Waals surface area (Å²) in [5, 5.41) is 5.06. The number of nitrogens with zero attached hydrogens (tertiary/aromatic N) is 3. The van der Waals surface area contributed by atoms with Crippen molar-refractivity contribution in [2.75, 3.05) is 13.1 Å². The smallest absolute Gasteiger partial charge is 0.244 e. The summed E-state index contributed by atoms with van der Waals surface area (Å²) >= 11 is 1.70. The summed E-state index contributed by atoms with van der Waals surface area (Å²) in [6.07, 6.45) is 5.24. The zero-order valence-corrected chi connectivity index (χ0v) is 15.0. The Morgan fingerprint density at radius 2 is 2.28 bits per heavy atom. The molecule has 6 nitrogen and oxygen atoms in total. The number of carbonyl (C=O) groups excluding carboxylic acids is 2. The Kier molecular flexibility index (Phi) is 4.33. The molecule has 25 heavy (non-hydrogen) atoms. The fourth-order valence-corrected chi connectivity index (χ4v) is 4.16. The van der Waals surface area contributed by atoms with Crippen molar-refractivity contribution >= 4 is 23.2 Å². The molecule has 3 heterocycles. The molecule has 7 heteroatoms. The SMILES string of the molecule is C[C@@H]1C[C@H]1C(=O)N1Cc2cncn2[C@@H](C(=O)NCCc2cccs2)C1. The molecule has 0 radical (unpaired) electrons. The standard InChI is InChI=1S/C18H22N4O2S/c1-12-7-15(12)18(24)21-9-13-8-19-11-22(13)16(10-21)17(23)20-5-4-14-3-2-6-25-14/h2-3,6,8,11-12,15-16H,4-5,7,9-10H2,1H3,(H,20,23)/t12-,15-,16-/m1/s1. The van der Waals surface area contributed by atoms with E-state index in [1.807, 2.05) is 20.9 Å². The van der Waals surface area contributed by atoms with Crippen LogP contribution < -0.4 is 5.32 Å². The Morgan fingerprint density at radius 3 is 3.00 bits per heavy atom. The quantitative estimate of drug-likeness (QED) is 0.887. The molecule has 3 atom stereocenters. The number of hydrogen-bond acceptors (Lipinski definition) is 4. The summed E-state index contributed by atoms with van der Waals surface area (Å²) < 4.78 is 1.90. The minimum atomic E-state index is -0.396. The number of hydrogen-bond donors (Lipinski definition) is 1. The summed E-state index contributed by atoms with van der Waals surface area (Å²) in [5.41, 5.74) is 0.923. The van der Waals surface area contributed by atoms with Gasteiger partial charge in [-0.05, 0) is 30.2 Å². The zero-order valence-electron chi connectivity index (χ0n) is 14.2. The first-order valence-corrected chi connectivity index (χ1v) is 9.61. The largest absolute Gasteiger partial charge is 0.354 e. The van der Waals surface area contributed by atoms with E-state index in [9.17, 15) is 9.59 Å². The molecule has 0 unspecified atom stereocenters. The third-order valence-corrected chi connectivity index (χ3v) is 6.06. The average molecular weight is 358 g/mol. The number of fused-ring (bicyclic) bond motifs is 1. The van der Waals surface area contributed by atoms with Gasteiger partial charge in [-0.25, -0.2) is 4.98 Å². The van der Waals surface area contributed by atoms with E-state index in [4.69, 9.17) is 0 Å².